The Morgan fingerprint density at radius 2 is 2.18 bits per heavy atom. The Morgan fingerprint density at radius 3 is 2.55 bits per heavy atom. The maximum atomic E-state index is 9.59. The zero-order valence-electron chi connectivity index (χ0n) is 7.67. The monoisotopic (exact) mass is 154 g/mol. The van der Waals surface area contributed by atoms with Crippen LogP contribution in [0.5, 0.6) is 0 Å². The predicted molar refractivity (Wildman–Crippen MR) is 47.3 cm³/mol. The summed E-state index contributed by atoms with van der Waals surface area (Å²) in [5.41, 5.74) is -0.536. The van der Waals surface area contributed by atoms with Gasteiger partial charge >= 0.3 is 0 Å². The maximum Gasteiger partial charge on any atom is 0.0800 e. The van der Waals surface area contributed by atoms with Crippen molar-refractivity contribution in [1.82, 2.24) is 0 Å². The summed E-state index contributed by atoms with van der Waals surface area (Å²) in [5.74, 6) is 1.39. The zero-order chi connectivity index (χ0) is 8.48. The Hall–Kier alpha value is -0.300. The highest BCUT2D eigenvalue weighted by Gasteiger charge is 2.24. The first-order chi connectivity index (χ1) is 5.01. The van der Waals surface area contributed by atoms with Crippen molar-refractivity contribution in [3.8, 4) is 0 Å². The van der Waals surface area contributed by atoms with E-state index in [9.17, 15) is 5.11 Å². The summed E-state index contributed by atoms with van der Waals surface area (Å²) < 4.78 is 0. The minimum atomic E-state index is -0.536. The van der Waals surface area contributed by atoms with E-state index in [1.165, 1.54) is 0 Å². The topological polar surface area (TPSA) is 20.2 Å². The minimum absolute atomic E-state index is 0.536. The molecule has 0 radical (unpaired) electrons. The van der Waals surface area contributed by atoms with Gasteiger partial charge in [-0.3, -0.25) is 0 Å². The van der Waals surface area contributed by atoms with E-state index in [4.69, 9.17) is 0 Å². The summed E-state index contributed by atoms with van der Waals surface area (Å²) in [4.78, 5) is 0. The van der Waals surface area contributed by atoms with Crippen LogP contribution in [0.15, 0.2) is 12.2 Å². The van der Waals surface area contributed by atoms with E-state index in [1.807, 2.05) is 13.0 Å². The van der Waals surface area contributed by atoms with Gasteiger partial charge in [-0.25, -0.2) is 0 Å². The Bertz CT molecular complexity index is 156. The molecule has 1 N–H and O–H groups in total. The average molecular weight is 154 g/mol. The van der Waals surface area contributed by atoms with Crippen molar-refractivity contribution in [3.05, 3.63) is 12.2 Å². The lowest BCUT2D eigenvalue weighted by Gasteiger charge is -2.29. The van der Waals surface area contributed by atoms with Gasteiger partial charge in [-0.2, -0.15) is 0 Å². The first-order valence-corrected chi connectivity index (χ1v) is 4.43. The smallest absolute Gasteiger partial charge is 0.0800 e. The molecule has 0 unspecified atom stereocenters. The normalized spacial score (nSPS) is 38.1. The average Bonchev–Trinajstić information content (AvgIpc) is 1.86. The van der Waals surface area contributed by atoms with Crippen molar-refractivity contribution in [2.75, 3.05) is 0 Å². The Kier molecular flexibility index (Phi) is 2.38. The molecular formula is C10H18O. The standard InChI is InChI=1S/C10H18O/c1-8(2)9-4-6-10(3,11)7-5-9/h4,6,8-9,11H,5,7H2,1-3H3/t9-,10+/m1/s1. The van der Waals surface area contributed by atoms with E-state index in [0.717, 1.165) is 12.8 Å². The molecule has 0 aromatic carbocycles. The molecule has 0 aromatic rings. The molecule has 1 aliphatic carbocycles. The molecule has 0 amide bonds. The van der Waals surface area contributed by atoms with Crippen molar-refractivity contribution >= 4 is 0 Å². The van der Waals surface area contributed by atoms with Gasteiger partial charge in [0.1, 0.15) is 0 Å². The molecule has 1 heteroatoms. The molecule has 0 aliphatic heterocycles. The number of rotatable bonds is 1. The van der Waals surface area contributed by atoms with Crippen LogP contribution in [-0.2, 0) is 0 Å². The summed E-state index contributed by atoms with van der Waals surface area (Å²) >= 11 is 0. The lowest BCUT2D eigenvalue weighted by Crippen LogP contribution is -2.26. The van der Waals surface area contributed by atoms with Crippen LogP contribution in [0.4, 0.5) is 0 Å². The molecule has 1 aliphatic rings. The van der Waals surface area contributed by atoms with Gasteiger partial charge < -0.3 is 5.11 Å². The van der Waals surface area contributed by atoms with Crippen LogP contribution in [0.25, 0.3) is 0 Å². The van der Waals surface area contributed by atoms with Crippen molar-refractivity contribution < 1.29 is 5.11 Å². The van der Waals surface area contributed by atoms with E-state index in [1.54, 1.807) is 0 Å². The molecule has 0 fully saturated rings. The fourth-order valence-corrected chi connectivity index (χ4v) is 1.52. The van der Waals surface area contributed by atoms with Crippen LogP contribution >= 0.6 is 0 Å². The third kappa shape index (κ3) is 2.33. The molecular weight excluding hydrogens is 136 g/mol. The molecule has 2 atom stereocenters. The lowest BCUT2D eigenvalue weighted by atomic mass is 9.81. The Labute approximate surface area is 69.1 Å². The van der Waals surface area contributed by atoms with Gasteiger partial charge in [-0.15, -0.1) is 0 Å². The van der Waals surface area contributed by atoms with E-state index in [2.05, 4.69) is 19.9 Å². The minimum Gasteiger partial charge on any atom is -0.386 e. The van der Waals surface area contributed by atoms with Crippen LogP contribution in [0, 0.1) is 11.8 Å². The SMILES string of the molecule is CC(C)[C@@H]1C=C[C@](C)(O)CC1. The molecule has 11 heavy (non-hydrogen) atoms. The van der Waals surface area contributed by atoms with Gasteiger partial charge in [0.25, 0.3) is 0 Å². The number of hydrogen-bond donors (Lipinski definition) is 1. The summed E-state index contributed by atoms with van der Waals surface area (Å²) in [7, 11) is 0. The second-order valence-corrected chi connectivity index (χ2v) is 4.16. The van der Waals surface area contributed by atoms with Gasteiger partial charge in [0.2, 0.25) is 0 Å². The molecule has 0 saturated carbocycles. The van der Waals surface area contributed by atoms with E-state index >= 15 is 0 Å². The van der Waals surface area contributed by atoms with Gasteiger partial charge in [-0.1, -0.05) is 26.0 Å². The fourth-order valence-electron chi connectivity index (χ4n) is 1.52. The van der Waals surface area contributed by atoms with Crippen LogP contribution in [0.3, 0.4) is 0 Å². The first-order valence-electron chi connectivity index (χ1n) is 4.43. The van der Waals surface area contributed by atoms with Crippen molar-refractivity contribution in [1.29, 1.82) is 0 Å². The van der Waals surface area contributed by atoms with Gasteiger partial charge in [0, 0.05) is 0 Å². The number of hydrogen-bond acceptors (Lipinski definition) is 1. The number of allylic oxidation sites excluding steroid dienone is 1. The predicted octanol–water partition coefficient (Wildman–Crippen LogP) is 2.36. The summed E-state index contributed by atoms with van der Waals surface area (Å²) in [6.07, 6.45) is 6.14. The lowest BCUT2D eigenvalue weighted by molar-refractivity contribution is 0.0845. The third-order valence-corrected chi connectivity index (χ3v) is 2.54. The largest absolute Gasteiger partial charge is 0.386 e. The molecule has 0 saturated heterocycles. The van der Waals surface area contributed by atoms with Crippen molar-refractivity contribution in [2.24, 2.45) is 11.8 Å². The third-order valence-electron chi connectivity index (χ3n) is 2.54. The molecule has 0 spiro atoms. The van der Waals surface area contributed by atoms with E-state index < -0.39 is 5.60 Å². The highest BCUT2D eigenvalue weighted by atomic mass is 16.3. The van der Waals surface area contributed by atoms with Crippen LogP contribution < -0.4 is 0 Å². The van der Waals surface area contributed by atoms with Gasteiger partial charge in [-0.05, 0) is 31.6 Å². The molecule has 0 bridgehead atoms. The highest BCUT2D eigenvalue weighted by Crippen LogP contribution is 2.29. The van der Waals surface area contributed by atoms with Crippen LogP contribution in [0.1, 0.15) is 33.6 Å². The fraction of sp³-hybridized carbons (Fsp3) is 0.800. The van der Waals surface area contributed by atoms with Gasteiger partial charge in [0.05, 0.1) is 5.60 Å². The van der Waals surface area contributed by atoms with E-state index in [-0.39, 0.29) is 0 Å². The molecule has 1 nitrogen and oxygen atoms in total. The van der Waals surface area contributed by atoms with E-state index in [0.29, 0.717) is 11.8 Å². The molecule has 0 heterocycles. The summed E-state index contributed by atoms with van der Waals surface area (Å²) in [6.45, 7) is 6.34. The quantitative estimate of drug-likeness (QED) is 0.575. The summed E-state index contributed by atoms with van der Waals surface area (Å²) in [5, 5.41) is 9.59. The Morgan fingerprint density at radius 1 is 1.55 bits per heavy atom. The molecule has 1 rings (SSSR count). The Balaban J connectivity index is 2.56. The van der Waals surface area contributed by atoms with Crippen molar-refractivity contribution in [3.63, 3.8) is 0 Å². The second kappa shape index (κ2) is 2.98. The summed E-state index contributed by atoms with van der Waals surface area (Å²) in [6, 6.07) is 0. The van der Waals surface area contributed by atoms with Crippen LogP contribution in [-0.4, -0.2) is 10.7 Å². The zero-order valence-corrected chi connectivity index (χ0v) is 7.67. The molecule has 64 valence electrons. The highest BCUT2D eigenvalue weighted by molar-refractivity contribution is 5.06. The van der Waals surface area contributed by atoms with Crippen molar-refractivity contribution in [2.45, 2.75) is 39.2 Å². The first kappa shape index (κ1) is 8.79. The van der Waals surface area contributed by atoms with Crippen LogP contribution in [0.2, 0.25) is 0 Å². The van der Waals surface area contributed by atoms with Gasteiger partial charge in [0.15, 0.2) is 0 Å². The maximum absolute atomic E-state index is 9.59. The molecule has 0 aromatic heterocycles. The second-order valence-electron chi connectivity index (χ2n) is 4.16. The number of aliphatic hydroxyl groups is 1.